The van der Waals surface area contributed by atoms with Crippen molar-refractivity contribution >= 4 is 11.9 Å². The van der Waals surface area contributed by atoms with Crippen LogP contribution >= 0.6 is 0 Å². The fraction of sp³-hybridized carbons (Fsp3) is 0.846. The van der Waals surface area contributed by atoms with Crippen LogP contribution in [0.25, 0.3) is 0 Å². The summed E-state index contributed by atoms with van der Waals surface area (Å²) in [5, 5.41) is 0. The van der Waals surface area contributed by atoms with E-state index >= 15 is 0 Å². The van der Waals surface area contributed by atoms with Crippen molar-refractivity contribution in [1.82, 2.24) is 4.90 Å². The van der Waals surface area contributed by atoms with Crippen LogP contribution < -0.4 is 0 Å². The summed E-state index contributed by atoms with van der Waals surface area (Å²) < 4.78 is 5.40. The fourth-order valence-corrected chi connectivity index (χ4v) is 2.65. The smallest absolute Gasteiger partial charge is 0.410 e. The van der Waals surface area contributed by atoms with Gasteiger partial charge < -0.3 is 9.64 Å². The monoisotopic (exact) mass is 239 g/mol. The largest absolute Gasteiger partial charge is 0.444 e. The topological polar surface area (TPSA) is 46.6 Å². The summed E-state index contributed by atoms with van der Waals surface area (Å²) in [5.74, 6) is 0.369. The van der Waals surface area contributed by atoms with Gasteiger partial charge >= 0.3 is 6.09 Å². The molecule has 2 aliphatic heterocycles. The number of fused-ring (bicyclic) bond motifs is 4. The number of carbonyl (C=O) groups is 2. The Hall–Kier alpha value is -1.06. The highest BCUT2D eigenvalue weighted by Crippen LogP contribution is 2.31. The minimum Gasteiger partial charge on any atom is -0.444 e. The Morgan fingerprint density at radius 1 is 1.35 bits per heavy atom. The Bertz CT molecular complexity index is 332. The Morgan fingerprint density at radius 3 is 2.71 bits per heavy atom. The van der Waals surface area contributed by atoms with Gasteiger partial charge in [-0.15, -0.1) is 0 Å². The van der Waals surface area contributed by atoms with Crippen molar-refractivity contribution < 1.29 is 14.3 Å². The first kappa shape index (κ1) is 12.4. The maximum absolute atomic E-state index is 12.1. The second-order valence-electron chi connectivity index (χ2n) is 6.08. The highest BCUT2D eigenvalue weighted by atomic mass is 16.6. The number of ether oxygens (including phenoxy) is 1. The molecule has 2 atom stereocenters. The standard InChI is InChI=1S/C13H21NO3/c1-13(2,3)17-12(16)14-8-9-5-4-6-10(14)7-11(9)15/h9-10H,4-8H2,1-3H3. The van der Waals surface area contributed by atoms with Crippen LogP contribution in [0.15, 0.2) is 0 Å². The summed E-state index contributed by atoms with van der Waals surface area (Å²) >= 11 is 0. The van der Waals surface area contributed by atoms with Crippen LogP contribution in [-0.4, -0.2) is 35.0 Å². The Balaban J connectivity index is 2.07. The molecule has 1 amide bonds. The maximum atomic E-state index is 12.1. The van der Waals surface area contributed by atoms with Gasteiger partial charge in [0, 0.05) is 24.9 Å². The lowest BCUT2D eigenvalue weighted by Gasteiger charge is -2.36. The van der Waals surface area contributed by atoms with Crippen molar-refractivity contribution in [3.63, 3.8) is 0 Å². The van der Waals surface area contributed by atoms with Crippen molar-refractivity contribution in [3.8, 4) is 0 Å². The van der Waals surface area contributed by atoms with Crippen molar-refractivity contribution in [2.24, 2.45) is 5.92 Å². The van der Waals surface area contributed by atoms with E-state index in [1.807, 2.05) is 20.8 Å². The van der Waals surface area contributed by atoms with E-state index in [0.717, 1.165) is 19.3 Å². The number of hydrogen-bond donors (Lipinski definition) is 0. The number of ketones is 1. The molecule has 1 aliphatic carbocycles. The van der Waals surface area contributed by atoms with Crippen molar-refractivity contribution in [2.75, 3.05) is 6.54 Å². The summed E-state index contributed by atoms with van der Waals surface area (Å²) in [6, 6.07) is 0.0658. The number of amides is 1. The molecule has 2 unspecified atom stereocenters. The summed E-state index contributed by atoms with van der Waals surface area (Å²) in [5.41, 5.74) is -0.466. The lowest BCUT2D eigenvalue weighted by molar-refractivity contribution is -0.127. The van der Waals surface area contributed by atoms with E-state index in [1.165, 1.54) is 0 Å². The molecule has 96 valence electrons. The number of hydrogen-bond acceptors (Lipinski definition) is 3. The molecule has 0 aromatic carbocycles. The van der Waals surface area contributed by atoms with Gasteiger partial charge in [-0.2, -0.15) is 0 Å². The van der Waals surface area contributed by atoms with Crippen molar-refractivity contribution in [3.05, 3.63) is 0 Å². The highest BCUT2D eigenvalue weighted by molar-refractivity contribution is 5.85. The average Bonchev–Trinajstić information content (AvgIpc) is 2.46. The number of piperidine rings is 1. The summed E-state index contributed by atoms with van der Waals surface area (Å²) in [4.78, 5) is 25.6. The van der Waals surface area contributed by atoms with Crippen molar-refractivity contribution in [1.29, 1.82) is 0 Å². The zero-order valence-corrected chi connectivity index (χ0v) is 10.9. The minimum absolute atomic E-state index is 0.0428. The number of rotatable bonds is 0. The molecule has 0 aromatic heterocycles. The Kier molecular flexibility index (Phi) is 3.15. The van der Waals surface area contributed by atoms with Gasteiger partial charge in [-0.05, 0) is 33.6 Å². The van der Waals surface area contributed by atoms with E-state index in [-0.39, 0.29) is 18.1 Å². The molecule has 2 heterocycles. The lowest BCUT2D eigenvalue weighted by atomic mass is 9.93. The van der Waals surface area contributed by atoms with Gasteiger partial charge in [0.15, 0.2) is 0 Å². The normalized spacial score (nSPS) is 29.1. The van der Waals surface area contributed by atoms with E-state index in [9.17, 15) is 9.59 Å². The van der Waals surface area contributed by atoms with Crippen LogP contribution in [0.5, 0.6) is 0 Å². The molecule has 0 N–H and O–H groups in total. The van der Waals surface area contributed by atoms with Crippen LogP contribution in [0, 0.1) is 5.92 Å². The predicted molar refractivity (Wildman–Crippen MR) is 63.7 cm³/mol. The van der Waals surface area contributed by atoms with Crippen LogP contribution in [0.4, 0.5) is 4.79 Å². The quantitative estimate of drug-likeness (QED) is 0.652. The molecule has 17 heavy (non-hydrogen) atoms. The summed E-state index contributed by atoms with van der Waals surface area (Å²) in [6.45, 7) is 6.16. The molecule has 1 saturated carbocycles. The van der Waals surface area contributed by atoms with E-state index in [1.54, 1.807) is 4.90 Å². The minimum atomic E-state index is -0.466. The second kappa shape index (κ2) is 4.31. The second-order valence-corrected chi connectivity index (χ2v) is 6.08. The summed E-state index contributed by atoms with van der Waals surface area (Å²) in [6.07, 6.45) is 3.15. The van der Waals surface area contributed by atoms with Gasteiger partial charge in [0.2, 0.25) is 0 Å². The molecule has 4 heteroatoms. The average molecular weight is 239 g/mol. The van der Waals surface area contributed by atoms with Gasteiger partial charge in [0.05, 0.1) is 0 Å². The third-order valence-corrected chi connectivity index (χ3v) is 3.47. The molecule has 3 fully saturated rings. The number of nitrogens with zero attached hydrogens (tertiary/aromatic N) is 1. The van der Waals surface area contributed by atoms with Gasteiger partial charge in [0.25, 0.3) is 0 Å². The van der Waals surface area contributed by atoms with Crippen LogP contribution in [0.3, 0.4) is 0 Å². The molecule has 4 nitrogen and oxygen atoms in total. The molecule has 2 saturated heterocycles. The first-order chi connectivity index (χ1) is 7.87. The fourth-order valence-electron chi connectivity index (χ4n) is 2.65. The van der Waals surface area contributed by atoms with Crippen molar-refractivity contribution in [2.45, 2.75) is 58.1 Å². The number of carbonyl (C=O) groups excluding carboxylic acids is 2. The lowest BCUT2D eigenvalue weighted by Crippen LogP contribution is -2.50. The predicted octanol–water partition coefficient (Wildman–Crippen LogP) is 2.37. The third-order valence-electron chi connectivity index (χ3n) is 3.47. The first-order valence-corrected chi connectivity index (χ1v) is 6.39. The molecule has 3 aliphatic rings. The molecule has 3 rings (SSSR count). The molecular weight excluding hydrogens is 218 g/mol. The zero-order valence-electron chi connectivity index (χ0n) is 10.9. The first-order valence-electron chi connectivity index (χ1n) is 6.39. The van der Waals surface area contributed by atoms with Gasteiger partial charge in [0.1, 0.15) is 11.4 Å². The van der Waals surface area contributed by atoms with Gasteiger partial charge in [-0.25, -0.2) is 4.79 Å². The molecule has 0 radical (unpaired) electrons. The molecule has 0 aromatic rings. The van der Waals surface area contributed by atoms with Crippen LogP contribution in [0.1, 0.15) is 46.5 Å². The Labute approximate surface area is 102 Å². The highest BCUT2D eigenvalue weighted by Gasteiger charge is 2.40. The van der Waals surface area contributed by atoms with Gasteiger partial charge in [-0.3, -0.25) is 4.79 Å². The van der Waals surface area contributed by atoms with Crippen LogP contribution in [-0.2, 0) is 9.53 Å². The van der Waals surface area contributed by atoms with Gasteiger partial charge in [-0.1, -0.05) is 6.42 Å². The van der Waals surface area contributed by atoms with Crippen LogP contribution in [0.2, 0.25) is 0 Å². The SMILES string of the molecule is CC(C)(C)OC(=O)N1CC2CCCC1CC2=O. The van der Waals surface area contributed by atoms with E-state index < -0.39 is 5.60 Å². The van der Waals surface area contributed by atoms with E-state index in [2.05, 4.69) is 0 Å². The van der Waals surface area contributed by atoms with E-state index in [0.29, 0.717) is 18.7 Å². The third kappa shape index (κ3) is 2.79. The Morgan fingerprint density at radius 2 is 2.06 bits per heavy atom. The maximum Gasteiger partial charge on any atom is 0.410 e. The molecular formula is C13H21NO3. The number of Topliss-reactive ketones (excluding diaryl/α,β-unsaturated/α-hetero) is 1. The van der Waals surface area contributed by atoms with E-state index in [4.69, 9.17) is 4.74 Å². The summed E-state index contributed by atoms with van der Waals surface area (Å²) in [7, 11) is 0. The molecule has 0 spiro atoms. The molecule has 2 bridgehead atoms. The zero-order chi connectivity index (χ0) is 12.6.